The van der Waals surface area contributed by atoms with Gasteiger partial charge < -0.3 is 15.1 Å². The molecule has 2 N–H and O–H groups in total. The first-order chi connectivity index (χ1) is 14.0. The van der Waals surface area contributed by atoms with Gasteiger partial charge in [0.05, 0.1) is 22.2 Å². The van der Waals surface area contributed by atoms with Gasteiger partial charge in [-0.25, -0.2) is 14.6 Å². The second kappa shape index (κ2) is 7.59. The molecule has 0 radical (unpaired) electrons. The van der Waals surface area contributed by atoms with E-state index in [0.717, 1.165) is 11.1 Å². The SMILES string of the molecule is Cc1ccc(NC(=O)Nc2ccccc2-c2nc3ccccc3c(=O)o2)cc1C. The van der Waals surface area contributed by atoms with Gasteiger partial charge in [0.25, 0.3) is 0 Å². The van der Waals surface area contributed by atoms with Crippen molar-refractivity contribution in [2.75, 3.05) is 10.6 Å². The number of rotatable bonds is 3. The smallest absolute Gasteiger partial charge is 0.347 e. The molecule has 1 aromatic heterocycles. The number of anilines is 2. The topological polar surface area (TPSA) is 84.2 Å². The van der Waals surface area contributed by atoms with Gasteiger partial charge in [-0.3, -0.25) is 0 Å². The number of nitrogens with one attached hydrogen (secondary N) is 2. The molecule has 0 atom stereocenters. The summed E-state index contributed by atoms with van der Waals surface area (Å²) in [6.45, 7) is 4.00. The number of hydrogen-bond donors (Lipinski definition) is 2. The maximum atomic E-state index is 12.5. The lowest BCUT2D eigenvalue weighted by Gasteiger charge is -2.12. The Bertz CT molecular complexity index is 1280. The van der Waals surface area contributed by atoms with E-state index in [0.29, 0.717) is 27.8 Å². The number of carbonyl (C=O) groups is 1. The zero-order valence-corrected chi connectivity index (χ0v) is 16.0. The Labute approximate surface area is 167 Å². The monoisotopic (exact) mass is 385 g/mol. The van der Waals surface area contributed by atoms with Crippen molar-refractivity contribution in [1.29, 1.82) is 0 Å². The van der Waals surface area contributed by atoms with Crippen molar-refractivity contribution in [2.45, 2.75) is 13.8 Å². The molecule has 2 amide bonds. The van der Waals surface area contributed by atoms with Crippen molar-refractivity contribution >= 4 is 28.3 Å². The van der Waals surface area contributed by atoms with Gasteiger partial charge in [-0.1, -0.05) is 30.3 Å². The minimum absolute atomic E-state index is 0.149. The van der Waals surface area contributed by atoms with Crippen LogP contribution in [0.1, 0.15) is 11.1 Å². The van der Waals surface area contributed by atoms with Gasteiger partial charge in [0.1, 0.15) is 0 Å². The van der Waals surface area contributed by atoms with Gasteiger partial charge in [-0.05, 0) is 61.4 Å². The third-order valence-corrected chi connectivity index (χ3v) is 4.71. The Hall–Kier alpha value is -3.93. The van der Waals surface area contributed by atoms with Crippen LogP contribution in [0.4, 0.5) is 16.2 Å². The number of para-hydroxylation sites is 2. The number of benzene rings is 3. The van der Waals surface area contributed by atoms with Gasteiger partial charge in [0.2, 0.25) is 5.89 Å². The lowest BCUT2D eigenvalue weighted by atomic mass is 10.1. The van der Waals surface area contributed by atoms with Crippen molar-refractivity contribution < 1.29 is 9.21 Å². The molecule has 4 aromatic rings. The highest BCUT2D eigenvalue weighted by Crippen LogP contribution is 2.27. The second-order valence-electron chi connectivity index (χ2n) is 6.75. The van der Waals surface area contributed by atoms with Crippen LogP contribution in [-0.4, -0.2) is 11.0 Å². The van der Waals surface area contributed by atoms with Crippen LogP contribution in [0.15, 0.2) is 75.9 Å². The average Bonchev–Trinajstić information content (AvgIpc) is 2.71. The molecule has 6 nitrogen and oxygen atoms in total. The van der Waals surface area contributed by atoms with E-state index in [2.05, 4.69) is 15.6 Å². The molecule has 3 aromatic carbocycles. The highest BCUT2D eigenvalue weighted by molar-refractivity contribution is 6.02. The molecule has 6 heteroatoms. The Balaban J connectivity index is 1.64. The lowest BCUT2D eigenvalue weighted by Crippen LogP contribution is -2.20. The fraction of sp³-hybridized carbons (Fsp3) is 0.0870. The maximum Gasteiger partial charge on any atom is 0.347 e. The number of amides is 2. The predicted octanol–water partition coefficient (Wildman–Crippen LogP) is 5.12. The number of nitrogens with zero attached hydrogens (tertiary/aromatic N) is 1. The first kappa shape index (κ1) is 18.4. The first-order valence-corrected chi connectivity index (χ1v) is 9.16. The second-order valence-corrected chi connectivity index (χ2v) is 6.75. The summed E-state index contributed by atoms with van der Waals surface area (Å²) in [5.74, 6) is 0.149. The highest BCUT2D eigenvalue weighted by atomic mass is 16.4. The number of urea groups is 1. The average molecular weight is 385 g/mol. The molecule has 1 heterocycles. The number of aromatic nitrogens is 1. The van der Waals surface area contributed by atoms with E-state index in [1.165, 1.54) is 0 Å². The summed E-state index contributed by atoms with van der Waals surface area (Å²) >= 11 is 0. The van der Waals surface area contributed by atoms with Crippen LogP contribution in [0.3, 0.4) is 0 Å². The minimum atomic E-state index is -0.472. The molecular weight excluding hydrogens is 366 g/mol. The van der Waals surface area contributed by atoms with Crippen molar-refractivity contribution in [3.8, 4) is 11.5 Å². The lowest BCUT2D eigenvalue weighted by molar-refractivity contribution is 0.262. The molecule has 0 aliphatic carbocycles. The zero-order valence-electron chi connectivity index (χ0n) is 16.0. The Morgan fingerprint density at radius 1 is 0.897 bits per heavy atom. The largest absolute Gasteiger partial charge is 0.403 e. The van der Waals surface area contributed by atoms with Crippen LogP contribution in [0, 0.1) is 13.8 Å². The van der Waals surface area contributed by atoms with Crippen molar-refractivity contribution in [3.05, 3.63) is 88.3 Å². The summed E-state index contributed by atoms with van der Waals surface area (Å²) in [6.07, 6.45) is 0. The molecule has 4 rings (SSSR count). The molecular formula is C23H19N3O3. The van der Waals surface area contributed by atoms with Crippen LogP contribution >= 0.6 is 0 Å². The summed E-state index contributed by atoms with van der Waals surface area (Å²) in [5, 5.41) is 6.03. The number of carbonyl (C=O) groups excluding carboxylic acids is 1. The highest BCUT2D eigenvalue weighted by Gasteiger charge is 2.14. The molecule has 0 unspecified atom stereocenters. The molecule has 0 spiro atoms. The molecule has 0 aliphatic rings. The fourth-order valence-electron chi connectivity index (χ4n) is 3.02. The molecule has 0 saturated heterocycles. The normalized spacial score (nSPS) is 10.7. The van der Waals surface area contributed by atoms with Crippen LogP contribution in [0.25, 0.3) is 22.4 Å². The minimum Gasteiger partial charge on any atom is -0.403 e. The Morgan fingerprint density at radius 2 is 1.66 bits per heavy atom. The summed E-state index contributed by atoms with van der Waals surface area (Å²) in [4.78, 5) is 29.2. The van der Waals surface area contributed by atoms with E-state index >= 15 is 0 Å². The molecule has 0 aliphatic heterocycles. The van der Waals surface area contributed by atoms with E-state index in [1.54, 1.807) is 48.5 Å². The first-order valence-electron chi connectivity index (χ1n) is 9.16. The quantitative estimate of drug-likeness (QED) is 0.513. The van der Waals surface area contributed by atoms with Gasteiger partial charge in [-0.2, -0.15) is 0 Å². The zero-order chi connectivity index (χ0) is 20.4. The van der Waals surface area contributed by atoms with Gasteiger partial charge in [0, 0.05) is 5.69 Å². The number of fused-ring (bicyclic) bond motifs is 1. The van der Waals surface area contributed by atoms with E-state index in [1.807, 2.05) is 32.0 Å². The summed E-state index contributed by atoms with van der Waals surface area (Å²) < 4.78 is 5.41. The van der Waals surface area contributed by atoms with Crippen molar-refractivity contribution in [3.63, 3.8) is 0 Å². The van der Waals surface area contributed by atoms with Crippen LogP contribution < -0.4 is 16.3 Å². The summed E-state index contributed by atoms with van der Waals surface area (Å²) in [6, 6.07) is 19.3. The van der Waals surface area contributed by atoms with Gasteiger partial charge >= 0.3 is 11.7 Å². The summed E-state index contributed by atoms with van der Waals surface area (Å²) in [7, 11) is 0. The predicted molar refractivity (Wildman–Crippen MR) is 114 cm³/mol. The Kier molecular flexibility index (Phi) is 4.83. The molecule has 0 fully saturated rings. The standard InChI is InChI=1S/C23H19N3O3/c1-14-11-12-16(13-15(14)2)24-23(28)26-19-9-5-3-7-17(19)21-25-20-10-6-4-8-18(20)22(27)29-21/h3-13H,1-2H3,(H2,24,26,28). The van der Waals surface area contributed by atoms with Crippen LogP contribution in [-0.2, 0) is 0 Å². The van der Waals surface area contributed by atoms with Crippen LogP contribution in [0.2, 0.25) is 0 Å². The Morgan fingerprint density at radius 3 is 2.48 bits per heavy atom. The fourth-order valence-corrected chi connectivity index (χ4v) is 3.02. The third-order valence-electron chi connectivity index (χ3n) is 4.71. The summed E-state index contributed by atoms with van der Waals surface area (Å²) in [5.41, 5.74) is 4.00. The van der Waals surface area contributed by atoms with E-state index in [4.69, 9.17) is 4.42 Å². The number of hydrogen-bond acceptors (Lipinski definition) is 4. The van der Waals surface area contributed by atoms with Crippen molar-refractivity contribution in [2.24, 2.45) is 0 Å². The molecule has 0 saturated carbocycles. The molecule has 144 valence electrons. The number of aryl methyl sites for hydroxylation is 2. The third kappa shape index (κ3) is 3.87. The molecule has 0 bridgehead atoms. The van der Waals surface area contributed by atoms with Crippen LogP contribution in [0.5, 0.6) is 0 Å². The van der Waals surface area contributed by atoms with E-state index in [9.17, 15) is 9.59 Å². The molecule has 29 heavy (non-hydrogen) atoms. The van der Waals surface area contributed by atoms with Gasteiger partial charge in [-0.15, -0.1) is 0 Å². The van der Waals surface area contributed by atoms with E-state index in [-0.39, 0.29) is 5.89 Å². The van der Waals surface area contributed by atoms with Crippen molar-refractivity contribution in [1.82, 2.24) is 4.98 Å². The van der Waals surface area contributed by atoms with E-state index < -0.39 is 11.7 Å². The maximum absolute atomic E-state index is 12.5. The van der Waals surface area contributed by atoms with Gasteiger partial charge in [0.15, 0.2) is 0 Å².